The van der Waals surface area contributed by atoms with E-state index in [0.29, 0.717) is 0 Å². The molecule has 0 saturated carbocycles. The maximum atomic E-state index is 10.8. The summed E-state index contributed by atoms with van der Waals surface area (Å²) in [5.74, 6) is -0.00352. The molecule has 0 amide bonds. The van der Waals surface area contributed by atoms with Crippen LogP contribution >= 0.6 is 12.4 Å². The Morgan fingerprint density at radius 1 is 1.33 bits per heavy atom. The first-order chi connectivity index (χ1) is 5.22. The maximum absolute atomic E-state index is 10.8. The van der Waals surface area contributed by atoms with Crippen LogP contribution in [0.1, 0.15) is 18.5 Å². The van der Waals surface area contributed by atoms with E-state index in [2.05, 4.69) is 0 Å². The fourth-order valence-corrected chi connectivity index (χ4v) is 0.895. The molecule has 0 aliphatic heterocycles. The molecule has 0 aromatic heterocycles. The van der Waals surface area contributed by atoms with Gasteiger partial charge in [-0.05, 0) is 12.5 Å². The van der Waals surface area contributed by atoms with Gasteiger partial charge in [0.2, 0.25) is 0 Å². The zero-order valence-corrected chi connectivity index (χ0v) is 7.67. The Morgan fingerprint density at radius 2 is 1.83 bits per heavy atom. The van der Waals surface area contributed by atoms with Crippen LogP contribution in [0.15, 0.2) is 30.3 Å². The molecule has 0 heterocycles. The van der Waals surface area contributed by atoms with Crippen LogP contribution in [0.25, 0.3) is 0 Å². The number of ketones is 1. The molecule has 66 valence electrons. The molecule has 0 spiro atoms. The molecule has 0 fully saturated rings. The minimum atomic E-state index is -0.462. The van der Waals surface area contributed by atoms with Gasteiger partial charge >= 0.3 is 0 Å². The molecule has 2 nitrogen and oxygen atoms in total. The van der Waals surface area contributed by atoms with Gasteiger partial charge in [0.1, 0.15) is 0 Å². The summed E-state index contributed by atoms with van der Waals surface area (Å²) in [7, 11) is 0. The van der Waals surface area contributed by atoms with E-state index in [9.17, 15) is 4.79 Å². The molecular weight excluding hydrogens is 174 g/mol. The molecule has 2 N–H and O–H groups in total. The Balaban J connectivity index is 0.00000121. The smallest absolute Gasteiger partial charge is 0.150 e. The van der Waals surface area contributed by atoms with Gasteiger partial charge in [0.25, 0.3) is 0 Å². The molecular formula is C9H12ClNO. The molecule has 0 bridgehead atoms. The number of halogens is 1. The lowest BCUT2D eigenvalue weighted by molar-refractivity contribution is -0.118. The van der Waals surface area contributed by atoms with Crippen molar-refractivity contribution >= 4 is 18.2 Å². The molecule has 1 aromatic carbocycles. The Hall–Kier alpha value is -0.860. The summed E-state index contributed by atoms with van der Waals surface area (Å²) in [6.45, 7) is 1.50. The fourth-order valence-electron chi connectivity index (χ4n) is 0.895. The van der Waals surface area contributed by atoms with Crippen LogP contribution in [0.5, 0.6) is 0 Å². The predicted octanol–water partition coefficient (Wildman–Crippen LogP) is 1.70. The van der Waals surface area contributed by atoms with Crippen LogP contribution in [-0.4, -0.2) is 5.78 Å². The third-order valence-corrected chi connectivity index (χ3v) is 1.60. The van der Waals surface area contributed by atoms with Crippen LogP contribution in [0.3, 0.4) is 0 Å². The van der Waals surface area contributed by atoms with E-state index in [1.165, 1.54) is 6.92 Å². The van der Waals surface area contributed by atoms with Crippen LogP contribution in [0.2, 0.25) is 0 Å². The number of carbonyl (C=O) groups excluding carboxylic acids is 1. The van der Waals surface area contributed by atoms with Gasteiger partial charge in [0.15, 0.2) is 5.78 Å². The minimum Gasteiger partial charge on any atom is -0.318 e. The highest BCUT2D eigenvalue weighted by molar-refractivity contribution is 5.85. The highest BCUT2D eigenvalue weighted by Crippen LogP contribution is 2.09. The van der Waals surface area contributed by atoms with Gasteiger partial charge in [-0.2, -0.15) is 0 Å². The van der Waals surface area contributed by atoms with Gasteiger partial charge in [-0.1, -0.05) is 30.3 Å². The number of nitrogens with two attached hydrogens (primary N) is 1. The number of carbonyl (C=O) groups is 1. The van der Waals surface area contributed by atoms with Gasteiger partial charge in [0.05, 0.1) is 6.04 Å². The topological polar surface area (TPSA) is 43.1 Å². The van der Waals surface area contributed by atoms with Gasteiger partial charge < -0.3 is 5.73 Å². The van der Waals surface area contributed by atoms with Crippen molar-refractivity contribution in [3.8, 4) is 0 Å². The summed E-state index contributed by atoms with van der Waals surface area (Å²) in [5, 5.41) is 0. The second kappa shape index (κ2) is 4.91. The summed E-state index contributed by atoms with van der Waals surface area (Å²) in [4.78, 5) is 10.8. The summed E-state index contributed by atoms with van der Waals surface area (Å²) in [6.07, 6.45) is 0. The summed E-state index contributed by atoms with van der Waals surface area (Å²) in [6, 6.07) is 8.89. The molecule has 12 heavy (non-hydrogen) atoms. The number of hydrogen-bond donors (Lipinski definition) is 1. The van der Waals surface area contributed by atoms with E-state index in [1.807, 2.05) is 30.3 Å². The number of rotatable bonds is 2. The monoisotopic (exact) mass is 185 g/mol. The van der Waals surface area contributed by atoms with Crippen LogP contribution in [0.4, 0.5) is 0 Å². The fraction of sp³-hybridized carbons (Fsp3) is 0.222. The van der Waals surface area contributed by atoms with E-state index in [0.717, 1.165) is 5.56 Å². The molecule has 0 aliphatic rings. The molecule has 0 radical (unpaired) electrons. The van der Waals surface area contributed by atoms with Crippen molar-refractivity contribution in [1.29, 1.82) is 0 Å². The van der Waals surface area contributed by atoms with Crippen molar-refractivity contribution in [2.45, 2.75) is 13.0 Å². The first-order valence-electron chi connectivity index (χ1n) is 3.53. The Kier molecular flexibility index (Phi) is 4.55. The Bertz CT molecular complexity index is 248. The molecule has 1 rings (SSSR count). The second-order valence-electron chi connectivity index (χ2n) is 2.50. The molecule has 1 aromatic rings. The lowest BCUT2D eigenvalue weighted by Crippen LogP contribution is -2.18. The van der Waals surface area contributed by atoms with Crippen LogP contribution in [0, 0.1) is 0 Å². The molecule has 3 heteroatoms. The highest BCUT2D eigenvalue weighted by atomic mass is 35.5. The predicted molar refractivity (Wildman–Crippen MR) is 51.3 cm³/mol. The second-order valence-corrected chi connectivity index (χ2v) is 2.50. The average molecular weight is 186 g/mol. The zero-order chi connectivity index (χ0) is 8.27. The normalized spacial score (nSPS) is 11.5. The van der Waals surface area contributed by atoms with Gasteiger partial charge in [-0.15, -0.1) is 12.4 Å². The Morgan fingerprint density at radius 3 is 2.25 bits per heavy atom. The maximum Gasteiger partial charge on any atom is 0.150 e. The van der Waals surface area contributed by atoms with E-state index in [-0.39, 0.29) is 18.2 Å². The molecule has 0 unspecified atom stereocenters. The van der Waals surface area contributed by atoms with Crippen molar-refractivity contribution in [3.05, 3.63) is 35.9 Å². The lowest BCUT2D eigenvalue weighted by Gasteiger charge is -2.06. The standard InChI is InChI=1S/C9H11NO.ClH/c1-7(11)9(10)8-5-3-2-4-6-8;/h2-6,9H,10H2,1H3;1H/t9-;/m1./s1. The summed E-state index contributed by atoms with van der Waals surface area (Å²) in [5.41, 5.74) is 6.46. The largest absolute Gasteiger partial charge is 0.318 e. The Labute approximate surface area is 78.2 Å². The summed E-state index contributed by atoms with van der Waals surface area (Å²) < 4.78 is 0. The first kappa shape index (κ1) is 11.1. The van der Waals surface area contributed by atoms with Crippen molar-refractivity contribution in [1.82, 2.24) is 0 Å². The third-order valence-electron chi connectivity index (χ3n) is 1.60. The number of benzene rings is 1. The number of Topliss-reactive ketones (excluding diaryl/α,β-unsaturated/α-hetero) is 1. The SMILES string of the molecule is CC(=O)[C@@H](N)c1ccccc1.Cl. The molecule has 1 atom stereocenters. The van der Waals surface area contributed by atoms with Crippen molar-refractivity contribution in [3.63, 3.8) is 0 Å². The average Bonchev–Trinajstić information content (AvgIpc) is 2.05. The van der Waals surface area contributed by atoms with E-state index in [4.69, 9.17) is 5.73 Å². The van der Waals surface area contributed by atoms with E-state index >= 15 is 0 Å². The summed E-state index contributed by atoms with van der Waals surface area (Å²) >= 11 is 0. The van der Waals surface area contributed by atoms with Crippen molar-refractivity contribution in [2.75, 3.05) is 0 Å². The third kappa shape index (κ3) is 2.64. The van der Waals surface area contributed by atoms with Crippen molar-refractivity contribution < 1.29 is 4.79 Å². The molecule has 0 saturated heterocycles. The quantitative estimate of drug-likeness (QED) is 0.762. The zero-order valence-electron chi connectivity index (χ0n) is 6.86. The van der Waals surface area contributed by atoms with E-state index in [1.54, 1.807) is 0 Å². The van der Waals surface area contributed by atoms with Gasteiger partial charge in [-0.3, -0.25) is 4.79 Å². The minimum absolute atomic E-state index is 0. The van der Waals surface area contributed by atoms with Crippen LogP contribution in [-0.2, 0) is 4.79 Å². The van der Waals surface area contributed by atoms with E-state index < -0.39 is 6.04 Å². The van der Waals surface area contributed by atoms with Gasteiger partial charge in [0, 0.05) is 0 Å². The van der Waals surface area contributed by atoms with Crippen LogP contribution < -0.4 is 5.73 Å². The molecule has 0 aliphatic carbocycles. The number of hydrogen-bond acceptors (Lipinski definition) is 2. The van der Waals surface area contributed by atoms with Gasteiger partial charge in [-0.25, -0.2) is 0 Å². The highest BCUT2D eigenvalue weighted by Gasteiger charge is 2.08. The first-order valence-corrected chi connectivity index (χ1v) is 3.53. The lowest BCUT2D eigenvalue weighted by atomic mass is 10.1. The van der Waals surface area contributed by atoms with Crippen molar-refractivity contribution in [2.24, 2.45) is 5.73 Å².